The molecule has 1 heterocycles. The number of hydrogen-bond donors (Lipinski definition) is 2. The lowest BCUT2D eigenvalue weighted by molar-refractivity contribution is -0.143. The summed E-state index contributed by atoms with van der Waals surface area (Å²) >= 11 is 0. The molecule has 2 amide bonds. The Balaban J connectivity index is 1.68. The minimum Gasteiger partial charge on any atom is -0.481 e. The zero-order valence-electron chi connectivity index (χ0n) is 10.2. The van der Waals surface area contributed by atoms with Crippen molar-refractivity contribution in [3.63, 3.8) is 0 Å². The molecular weight excluding hydrogens is 220 g/mol. The Bertz CT molecular complexity index is 311. The van der Waals surface area contributed by atoms with Gasteiger partial charge in [-0.25, -0.2) is 4.79 Å². The predicted octanol–water partition coefficient (Wildman–Crippen LogP) is 1.15. The highest BCUT2D eigenvalue weighted by Gasteiger charge is 2.33. The van der Waals surface area contributed by atoms with Crippen molar-refractivity contribution in [2.24, 2.45) is 17.8 Å². The Morgan fingerprint density at radius 3 is 2.41 bits per heavy atom. The Labute approximate surface area is 101 Å². The van der Waals surface area contributed by atoms with Crippen LogP contribution in [0.25, 0.3) is 0 Å². The molecule has 96 valence electrons. The van der Waals surface area contributed by atoms with Crippen molar-refractivity contribution in [2.75, 3.05) is 19.6 Å². The number of carbonyl (C=O) groups is 2. The van der Waals surface area contributed by atoms with E-state index in [1.54, 1.807) is 4.90 Å². The van der Waals surface area contributed by atoms with E-state index in [9.17, 15) is 9.59 Å². The highest BCUT2D eigenvalue weighted by molar-refractivity contribution is 5.75. The molecule has 2 atom stereocenters. The van der Waals surface area contributed by atoms with Gasteiger partial charge in [0.05, 0.1) is 5.92 Å². The molecule has 1 aliphatic heterocycles. The molecule has 0 spiro atoms. The van der Waals surface area contributed by atoms with E-state index in [4.69, 9.17) is 5.11 Å². The molecule has 5 nitrogen and oxygen atoms in total. The van der Waals surface area contributed by atoms with E-state index in [0.717, 1.165) is 12.5 Å². The van der Waals surface area contributed by atoms with Crippen molar-refractivity contribution in [3.8, 4) is 0 Å². The number of nitrogens with one attached hydrogen (secondary N) is 1. The molecule has 17 heavy (non-hydrogen) atoms. The number of nitrogens with zero attached hydrogens (tertiary/aromatic N) is 1. The lowest BCUT2D eigenvalue weighted by Crippen LogP contribution is -2.46. The summed E-state index contributed by atoms with van der Waals surface area (Å²) in [6, 6.07) is -0.0343. The zero-order valence-corrected chi connectivity index (χ0v) is 10.2. The van der Waals surface area contributed by atoms with E-state index in [1.165, 1.54) is 6.42 Å². The van der Waals surface area contributed by atoms with Crippen LogP contribution in [0.1, 0.15) is 26.2 Å². The van der Waals surface area contributed by atoms with Crippen LogP contribution < -0.4 is 5.32 Å². The van der Waals surface area contributed by atoms with Crippen LogP contribution in [0, 0.1) is 17.8 Å². The largest absolute Gasteiger partial charge is 0.481 e. The summed E-state index contributed by atoms with van der Waals surface area (Å²) in [5.74, 6) is 0.378. The predicted molar refractivity (Wildman–Crippen MR) is 62.6 cm³/mol. The SMILES string of the molecule is CC1CC1CNC(=O)N1CCC(C(=O)O)CC1. The van der Waals surface area contributed by atoms with Gasteiger partial charge in [0.15, 0.2) is 0 Å². The fourth-order valence-corrected chi connectivity index (χ4v) is 2.34. The minimum atomic E-state index is -0.739. The quantitative estimate of drug-likeness (QED) is 0.777. The molecule has 2 fully saturated rings. The number of rotatable bonds is 3. The van der Waals surface area contributed by atoms with Gasteiger partial charge in [0.25, 0.3) is 0 Å². The Hall–Kier alpha value is -1.26. The molecule has 0 radical (unpaired) electrons. The number of piperidine rings is 1. The first kappa shape index (κ1) is 12.2. The topological polar surface area (TPSA) is 69.6 Å². The van der Waals surface area contributed by atoms with Crippen LogP contribution in [0.4, 0.5) is 4.79 Å². The summed E-state index contributed by atoms with van der Waals surface area (Å²) in [4.78, 5) is 24.3. The number of carbonyl (C=O) groups excluding carboxylic acids is 1. The molecule has 1 saturated heterocycles. The van der Waals surface area contributed by atoms with Gasteiger partial charge in [0, 0.05) is 19.6 Å². The molecular formula is C12H20N2O3. The first-order chi connectivity index (χ1) is 8.08. The van der Waals surface area contributed by atoms with Crippen molar-refractivity contribution >= 4 is 12.0 Å². The third-order valence-electron chi connectivity index (χ3n) is 3.92. The molecule has 1 aliphatic carbocycles. The number of carboxylic acids is 1. The molecule has 0 aromatic heterocycles. The van der Waals surface area contributed by atoms with E-state index in [0.29, 0.717) is 31.8 Å². The van der Waals surface area contributed by atoms with E-state index in [-0.39, 0.29) is 11.9 Å². The smallest absolute Gasteiger partial charge is 0.317 e. The van der Waals surface area contributed by atoms with E-state index < -0.39 is 5.97 Å². The maximum absolute atomic E-state index is 11.8. The number of amides is 2. The Kier molecular flexibility index (Phi) is 3.54. The van der Waals surface area contributed by atoms with Crippen molar-refractivity contribution < 1.29 is 14.7 Å². The summed E-state index contributed by atoms with van der Waals surface area (Å²) in [5.41, 5.74) is 0. The van der Waals surface area contributed by atoms with Gasteiger partial charge in [0.1, 0.15) is 0 Å². The standard InChI is InChI=1S/C12H20N2O3/c1-8-6-10(8)7-13-12(17)14-4-2-9(3-5-14)11(15)16/h8-10H,2-7H2,1H3,(H,13,17)(H,15,16). The lowest BCUT2D eigenvalue weighted by Gasteiger charge is -2.30. The third-order valence-corrected chi connectivity index (χ3v) is 3.92. The maximum Gasteiger partial charge on any atom is 0.317 e. The highest BCUT2D eigenvalue weighted by Crippen LogP contribution is 2.36. The number of hydrogen-bond acceptors (Lipinski definition) is 2. The van der Waals surface area contributed by atoms with Crippen LogP contribution in [0.2, 0.25) is 0 Å². The van der Waals surface area contributed by atoms with Crippen molar-refractivity contribution in [1.29, 1.82) is 0 Å². The van der Waals surface area contributed by atoms with Crippen molar-refractivity contribution in [2.45, 2.75) is 26.2 Å². The van der Waals surface area contributed by atoms with Gasteiger partial charge in [-0.2, -0.15) is 0 Å². The van der Waals surface area contributed by atoms with Crippen LogP contribution in [-0.4, -0.2) is 41.6 Å². The van der Waals surface area contributed by atoms with Crippen LogP contribution in [0.3, 0.4) is 0 Å². The third kappa shape index (κ3) is 3.11. The van der Waals surface area contributed by atoms with Crippen molar-refractivity contribution in [1.82, 2.24) is 10.2 Å². The monoisotopic (exact) mass is 240 g/mol. The Morgan fingerprint density at radius 2 is 1.94 bits per heavy atom. The van der Waals surface area contributed by atoms with E-state index in [1.807, 2.05) is 0 Å². The van der Waals surface area contributed by atoms with Crippen LogP contribution in [0.15, 0.2) is 0 Å². The maximum atomic E-state index is 11.8. The molecule has 1 saturated carbocycles. The fourth-order valence-electron chi connectivity index (χ4n) is 2.34. The zero-order chi connectivity index (χ0) is 12.4. The number of carboxylic acid groups (broad SMARTS) is 1. The first-order valence-electron chi connectivity index (χ1n) is 6.33. The molecule has 0 aromatic rings. The lowest BCUT2D eigenvalue weighted by atomic mass is 9.97. The summed E-state index contributed by atoms with van der Waals surface area (Å²) in [5, 5.41) is 11.8. The second-order valence-electron chi connectivity index (χ2n) is 5.26. The summed E-state index contributed by atoms with van der Waals surface area (Å²) in [6.45, 7) is 4.07. The summed E-state index contributed by atoms with van der Waals surface area (Å²) < 4.78 is 0. The number of likely N-dealkylation sites (tertiary alicyclic amines) is 1. The first-order valence-corrected chi connectivity index (χ1v) is 6.33. The fraction of sp³-hybridized carbons (Fsp3) is 0.833. The van der Waals surface area contributed by atoms with Gasteiger partial charge in [-0.3, -0.25) is 4.79 Å². The number of aliphatic carboxylic acids is 1. The van der Waals surface area contributed by atoms with Gasteiger partial charge >= 0.3 is 12.0 Å². The van der Waals surface area contributed by atoms with Gasteiger partial charge in [-0.1, -0.05) is 6.92 Å². The van der Waals surface area contributed by atoms with Crippen LogP contribution >= 0.6 is 0 Å². The van der Waals surface area contributed by atoms with E-state index in [2.05, 4.69) is 12.2 Å². The summed E-state index contributed by atoms with van der Waals surface area (Å²) in [7, 11) is 0. The minimum absolute atomic E-state index is 0.0343. The average molecular weight is 240 g/mol. The average Bonchev–Trinajstić information content (AvgIpc) is 3.02. The van der Waals surface area contributed by atoms with Crippen molar-refractivity contribution in [3.05, 3.63) is 0 Å². The second kappa shape index (κ2) is 4.94. The molecule has 0 aromatic carbocycles. The molecule has 2 unspecified atom stereocenters. The summed E-state index contributed by atoms with van der Waals surface area (Å²) in [6.07, 6.45) is 2.35. The van der Waals surface area contributed by atoms with Crippen LogP contribution in [-0.2, 0) is 4.79 Å². The highest BCUT2D eigenvalue weighted by atomic mass is 16.4. The molecule has 2 aliphatic rings. The molecule has 5 heteroatoms. The second-order valence-corrected chi connectivity index (χ2v) is 5.26. The van der Waals surface area contributed by atoms with Crippen LogP contribution in [0.5, 0.6) is 0 Å². The normalized spacial score (nSPS) is 28.9. The molecule has 0 bridgehead atoms. The van der Waals surface area contributed by atoms with Gasteiger partial charge in [-0.05, 0) is 31.1 Å². The molecule has 2 N–H and O–H groups in total. The number of urea groups is 1. The van der Waals surface area contributed by atoms with Gasteiger partial charge in [-0.15, -0.1) is 0 Å². The van der Waals surface area contributed by atoms with E-state index >= 15 is 0 Å². The van der Waals surface area contributed by atoms with Gasteiger partial charge in [0.2, 0.25) is 0 Å². The molecule has 2 rings (SSSR count). The Morgan fingerprint density at radius 1 is 1.35 bits per heavy atom. The van der Waals surface area contributed by atoms with Gasteiger partial charge < -0.3 is 15.3 Å².